The predicted octanol–water partition coefficient (Wildman–Crippen LogP) is 10.0. The van der Waals surface area contributed by atoms with Gasteiger partial charge in [0, 0.05) is 12.1 Å². The van der Waals surface area contributed by atoms with Gasteiger partial charge in [0.1, 0.15) is 0 Å². The molecule has 0 amide bonds. The highest BCUT2D eigenvalue weighted by Crippen LogP contribution is 2.23. The smallest absolute Gasteiger partial charge is 0.212 e. The van der Waals surface area contributed by atoms with E-state index in [1.807, 2.05) is 68.4 Å². The summed E-state index contributed by atoms with van der Waals surface area (Å²) < 4.78 is 78.6. The molecule has 0 radical (unpaired) electrons. The molecule has 0 aliphatic rings. The van der Waals surface area contributed by atoms with Crippen LogP contribution in [0.15, 0.2) is 12.2 Å². The maximum atomic E-state index is 11.8. The van der Waals surface area contributed by atoms with Crippen molar-refractivity contribution >= 4 is 29.7 Å². The van der Waals surface area contributed by atoms with Crippen LogP contribution < -0.4 is 4.72 Å². The maximum Gasteiger partial charge on any atom is 0.212 e. The summed E-state index contributed by atoms with van der Waals surface area (Å²) in [4.78, 5) is 0. The van der Waals surface area contributed by atoms with Crippen molar-refractivity contribution < 1.29 is 30.0 Å². The van der Waals surface area contributed by atoms with Crippen LogP contribution in [0.1, 0.15) is 170 Å². The van der Waals surface area contributed by atoms with Crippen LogP contribution in [-0.2, 0) is 34.4 Å². The van der Waals surface area contributed by atoms with Gasteiger partial charge in [-0.25, -0.2) is 30.0 Å². The second kappa shape index (κ2) is 22.8. The van der Waals surface area contributed by atoms with Gasteiger partial charge in [-0.3, -0.25) is 0 Å². The van der Waals surface area contributed by atoms with E-state index in [1.54, 1.807) is 0 Å². The van der Waals surface area contributed by atoms with Gasteiger partial charge >= 0.3 is 0 Å². The quantitative estimate of drug-likeness (QED) is 0.115. The molecule has 0 aliphatic heterocycles. The number of rotatable bonds is 17. The van der Waals surface area contributed by atoms with E-state index in [1.165, 1.54) is 0 Å². The molecule has 310 valence electrons. The fourth-order valence-electron chi connectivity index (χ4n) is 4.67. The standard InChI is InChI=1S/C14H28O2S.C13H29NO2S.C13H28O3S/c1-13(2,3)10-8-7-9-11-17(15,16)12-14(4,5)6;1-12(2,3)10-8-7-9-11-17(15,16)14-13(4,5)6;1-12(2,3)10-16-8-7-9-17(14,15)11-13(4,5)6/h7-8H,9-12H2,1-6H3;14H,7-11H2,1-6H3;7-11H2,1-6H3/b8-7+;;. The Balaban J connectivity index is -0.000000678. The van der Waals surface area contributed by atoms with E-state index in [9.17, 15) is 25.3 Å². The van der Waals surface area contributed by atoms with Gasteiger partial charge in [-0.2, -0.15) is 0 Å². The van der Waals surface area contributed by atoms with Crippen LogP contribution in [-0.4, -0.2) is 72.8 Å². The zero-order valence-corrected chi connectivity index (χ0v) is 39.1. The van der Waals surface area contributed by atoms with E-state index < -0.39 is 29.7 Å². The molecule has 0 aliphatic carbocycles. The van der Waals surface area contributed by atoms with Crippen molar-refractivity contribution in [3.8, 4) is 0 Å². The zero-order valence-electron chi connectivity index (χ0n) is 36.6. The number of ether oxygens (including phenoxy) is 1. The highest BCUT2D eigenvalue weighted by molar-refractivity contribution is 7.91. The largest absolute Gasteiger partial charge is 0.381 e. The van der Waals surface area contributed by atoms with E-state index in [-0.39, 0.29) is 56.0 Å². The molecule has 0 rings (SSSR count). The van der Waals surface area contributed by atoms with Gasteiger partial charge < -0.3 is 4.74 Å². The van der Waals surface area contributed by atoms with Crippen LogP contribution >= 0.6 is 0 Å². The lowest BCUT2D eigenvalue weighted by Gasteiger charge is -2.20. The second-order valence-corrected chi connectivity index (χ2v) is 27.5. The molecular weight excluding hydrogens is 703 g/mol. The van der Waals surface area contributed by atoms with Crippen LogP contribution in [0.4, 0.5) is 0 Å². The van der Waals surface area contributed by atoms with Crippen molar-refractivity contribution in [2.45, 2.75) is 175 Å². The van der Waals surface area contributed by atoms with E-state index in [0.29, 0.717) is 31.5 Å². The molecule has 0 spiro atoms. The van der Waals surface area contributed by atoms with Gasteiger partial charge in [-0.05, 0) is 80.0 Å². The van der Waals surface area contributed by atoms with Crippen molar-refractivity contribution in [1.82, 2.24) is 4.72 Å². The number of sulfonamides is 1. The Morgan fingerprint density at radius 1 is 0.490 bits per heavy atom. The molecule has 51 heavy (non-hydrogen) atoms. The van der Waals surface area contributed by atoms with Gasteiger partial charge in [0.2, 0.25) is 10.0 Å². The summed E-state index contributed by atoms with van der Waals surface area (Å²) in [7, 11) is -8.95. The summed E-state index contributed by atoms with van der Waals surface area (Å²) in [6.45, 7) is 38.0. The first-order valence-corrected chi connectivity index (χ1v) is 24.2. The van der Waals surface area contributed by atoms with E-state index in [2.05, 4.69) is 73.1 Å². The average molecular weight is 788 g/mol. The van der Waals surface area contributed by atoms with Crippen LogP contribution in [0.25, 0.3) is 0 Å². The fraction of sp³-hybridized carbons (Fsp3) is 0.950. The summed E-state index contributed by atoms with van der Waals surface area (Å²) in [6, 6.07) is 0. The number of hydrogen-bond donors (Lipinski definition) is 1. The Morgan fingerprint density at radius 2 is 0.961 bits per heavy atom. The van der Waals surface area contributed by atoms with E-state index >= 15 is 0 Å². The van der Waals surface area contributed by atoms with Crippen molar-refractivity contribution in [3.63, 3.8) is 0 Å². The molecule has 0 saturated heterocycles. The molecule has 8 nitrogen and oxygen atoms in total. The molecule has 0 aromatic carbocycles. The van der Waals surface area contributed by atoms with Crippen molar-refractivity contribution in [3.05, 3.63) is 12.2 Å². The number of hydrogen-bond acceptors (Lipinski definition) is 7. The lowest BCUT2D eigenvalue weighted by molar-refractivity contribution is 0.0720. The minimum atomic E-state index is -3.11. The minimum Gasteiger partial charge on any atom is -0.381 e. The topological polar surface area (TPSA) is 124 Å². The third-order valence-corrected chi connectivity index (χ3v) is 12.5. The molecule has 0 aromatic rings. The van der Waals surface area contributed by atoms with Crippen LogP contribution in [0.3, 0.4) is 0 Å². The molecule has 0 bridgehead atoms. The Bertz CT molecular complexity index is 1210. The number of sulfone groups is 2. The van der Waals surface area contributed by atoms with Crippen LogP contribution in [0.2, 0.25) is 0 Å². The summed E-state index contributed by atoms with van der Waals surface area (Å²) in [5, 5.41) is 0. The van der Waals surface area contributed by atoms with E-state index in [0.717, 1.165) is 32.1 Å². The Labute approximate surface area is 319 Å². The Morgan fingerprint density at radius 3 is 1.35 bits per heavy atom. The van der Waals surface area contributed by atoms with E-state index in [4.69, 9.17) is 4.74 Å². The summed E-state index contributed by atoms with van der Waals surface area (Å²) in [5.74, 6) is 1.26. The number of nitrogens with one attached hydrogen (secondary N) is 1. The third kappa shape index (κ3) is 49.5. The fourth-order valence-corrected chi connectivity index (χ4v) is 10.3. The molecule has 0 saturated carbocycles. The van der Waals surface area contributed by atoms with Crippen molar-refractivity contribution in [1.29, 1.82) is 0 Å². The first-order valence-electron chi connectivity index (χ1n) is 18.9. The SMILES string of the molecule is CC(C)(C)C/C=C/CCS(=O)(=O)CC(C)(C)C.CC(C)(C)CCCCCS(=O)(=O)NC(C)(C)C.CC(C)(C)COCCCS(=O)(=O)CC(C)(C)C. The van der Waals surface area contributed by atoms with Gasteiger partial charge in [0.05, 0.1) is 35.4 Å². The molecule has 0 atom stereocenters. The monoisotopic (exact) mass is 788 g/mol. The molecule has 0 fully saturated rings. The lowest BCUT2D eigenvalue weighted by Crippen LogP contribution is -2.41. The summed E-state index contributed by atoms with van der Waals surface area (Å²) >= 11 is 0. The normalized spacial score (nSPS) is 14.2. The first-order chi connectivity index (χ1) is 22.2. The third-order valence-electron chi connectivity index (χ3n) is 6.38. The summed E-state index contributed by atoms with van der Waals surface area (Å²) in [5.41, 5.74) is 0.0942. The van der Waals surface area contributed by atoms with Crippen LogP contribution in [0, 0.1) is 27.1 Å². The van der Waals surface area contributed by atoms with Gasteiger partial charge in [0.15, 0.2) is 19.7 Å². The summed E-state index contributed by atoms with van der Waals surface area (Å²) in [6.07, 6.45) is 10.3. The Kier molecular flexibility index (Phi) is 24.5. The van der Waals surface area contributed by atoms with Crippen LogP contribution in [0.5, 0.6) is 0 Å². The predicted molar refractivity (Wildman–Crippen MR) is 224 cm³/mol. The Hall–Kier alpha value is -0.490. The van der Waals surface area contributed by atoms with Gasteiger partial charge in [-0.15, -0.1) is 0 Å². The average Bonchev–Trinajstić information content (AvgIpc) is 2.77. The molecule has 1 N–H and O–H groups in total. The second-order valence-electron chi connectivity index (χ2n) is 21.3. The highest BCUT2D eigenvalue weighted by atomic mass is 32.2. The molecule has 0 heterocycles. The molecule has 0 aromatic heterocycles. The zero-order chi connectivity index (χ0) is 41.2. The van der Waals surface area contributed by atoms with Gasteiger partial charge in [0.25, 0.3) is 0 Å². The maximum absolute atomic E-state index is 11.8. The highest BCUT2D eigenvalue weighted by Gasteiger charge is 2.22. The number of allylic oxidation sites excluding steroid dienone is 2. The van der Waals surface area contributed by atoms with Gasteiger partial charge in [-0.1, -0.05) is 129 Å². The first kappa shape index (κ1) is 54.9. The molecule has 11 heteroatoms. The van der Waals surface area contributed by atoms with Crippen molar-refractivity contribution in [2.75, 3.05) is 42.0 Å². The lowest BCUT2D eigenvalue weighted by atomic mass is 9.90. The van der Waals surface area contributed by atoms with Crippen molar-refractivity contribution in [2.24, 2.45) is 27.1 Å². The molecule has 0 unspecified atom stereocenters. The molecular formula is C40H85NO7S3. The minimum absolute atomic E-state index is 0.143. The number of unbranched alkanes of at least 4 members (excludes halogenated alkanes) is 2.